The third-order valence-corrected chi connectivity index (χ3v) is 3.09. The molecule has 1 aromatic carbocycles. The van der Waals surface area contributed by atoms with E-state index in [4.69, 9.17) is 4.74 Å². The summed E-state index contributed by atoms with van der Waals surface area (Å²) in [5, 5.41) is 4.13. The predicted octanol–water partition coefficient (Wildman–Crippen LogP) is 2.02. The average molecular weight is 273 g/mol. The Morgan fingerprint density at radius 2 is 2.05 bits per heavy atom. The molecule has 1 aromatic heterocycles. The number of carbonyl (C=O) groups excluding carboxylic acids is 1. The molecule has 106 valence electrons. The molecule has 0 aliphatic carbocycles. The summed E-state index contributed by atoms with van der Waals surface area (Å²) in [5.41, 5.74) is 2.31. The van der Waals surface area contributed by atoms with Gasteiger partial charge in [0.1, 0.15) is 12.2 Å². The molecule has 1 heterocycles. The van der Waals surface area contributed by atoms with Gasteiger partial charge in [-0.2, -0.15) is 5.10 Å². The van der Waals surface area contributed by atoms with Gasteiger partial charge in [0.05, 0.1) is 12.2 Å². The lowest BCUT2D eigenvalue weighted by Gasteiger charge is -2.18. The number of anilines is 1. The molecule has 0 aliphatic rings. The molecular weight excluding hydrogens is 254 g/mol. The maximum absolute atomic E-state index is 11.9. The van der Waals surface area contributed by atoms with Gasteiger partial charge in [-0.3, -0.25) is 4.68 Å². The number of para-hydroxylation sites is 1. The van der Waals surface area contributed by atoms with Crippen LogP contribution in [0.4, 0.5) is 5.69 Å². The van der Waals surface area contributed by atoms with Crippen LogP contribution in [0.2, 0.25) is 0 Å². The van der Waals surface area contributed by atoms with Crippen molar-refractivity contribution in [3.8, 4) is 0 Å². The van der Waals surface area contributed by atoms with Gasteiger partial charge in [-0.15, -0.1) is 0 Å². The minimum absolute atomic E-state index is 0.322. The lowest BCUT2D eigenvalue weighted by atomic mass is 10.3. The van der Waals surface area contributed by atoms with Gasteiger partial charge >= 0.3 is 5.97 Å². The first-order valence-corrected chi connectivity index (χ1v) is 6.51. The minimum atomic E-state index is -0.322. The summed E-state index contributed by atoms with van der Waals surface area (Å²) in [7, 11) is 3.76. The Morgan fingerprint density at radius 3 is 2.65 bits per heavy atom. The monoisotopic (exact) mass is 273 g/mol. The molecule has 0 amide bonds. The molecule has 0 radical (unpaired) electrons. The maximum Gasteiger partial charge on any atom is 0.341 e. The fourth-order valence-electron chi connectivity index (χ4n) is 1.96. The second-order valence-electron chi connectivity index (χ2n) is 4.69. The zero-order chi connectivity index (χ0) is 14.5. The van der Waals surface area contributed by atoms with E-state index < -0.39 is 0 Å². The second-order valence-corrected chi connectivity index (χ2v) is 4.69. The highest BCUT2D eigenvalue weighted by atomic mass is 16.5. The zero-order valence-electron chi connectivity index (χ0n) is 12.0. The van der Waals surface area contributed by atoms with E-state index >= 15 is 0 Å². The SMILES string of the molecule is Cc1nn(C)cc1C(=O)OCCN(C)c1ccccc1. The van der Waals surface area contributed by atoms with Gasteiger partial charge in [-0.05, 0) is 19.1 Å². The molecule has 0 aliphatic heterocycles. The summed E-state index contributed by atoms with van der Waals surface area (Å²) in [4.78, 5) is 13.9. The Hall–Kier alpha value is -2.30. The van der Waals surface area contributed by atoms with Crippen LogP contribution < -0.4 is 4.90 Å². The van der Waals surface area contributed by atoms with Crippen LogP contribution in [-0.2, 0) is 11.8 Å². The number of nitrogens with zero attached hydrogens (tertiary/aromatic N) is 3. The third kappa shape index (κ3) is 3.38. The van der Waals surface area contributed by atoms with Crippen LogP contribution in [0.3, 0.4) is 0 Å². The zero-order valence-corrected chi connectivity index (χ0v) is 12.0. The summed E-state index contributed by atoms with van der Waals surface area (Å²) >= 11 is 0. The smallest absolute Gasteiger partial charge is 0.341 e. The molecule has 0 saturated carbocycles. The number of rotatable bonds is 5. The number of aryl methyl sites for hydroxylation is 2. The highest BCUT2D eigenvalue weighted by Crippen LogP contribution is 2.11. The van der Waals surface area contributed by atoms with Gasteiger partial charge in [0.25, 0.3) is 0 Å². The molecule has 0 spiro atoms. The summed E-state index contributed by atoms with van der Waals surface area (Å²) in [6.45, 7) is 2.79. The van der Waals surface area contributed by atoms with Crippen molar-refractivity contribution in [2.45, 2.75) is 6.92 Å². The molecular formula is C15H19N3O2. The van der Waals surface area contributed by atoms with Crippen LogP contribution in [0.1, 0.15) is 16.1 Å². The number of hydrogen-bond acceptors (Lipinski definition) is 4. The molecule has 0 unspecified atom stereocenters. The number of benzene rings is 1. The Balaban J connectivity index is 1.84. The number of hydrogen-bond donors (Lipinski definition) is 0. The fourth-order valence-corrected chi connectivity index (χ4v) is 1.96. The van der Waals surface area contributed by atoms with E-state index in [-0.39, 0.29) is 5.97 Å². The first-order valence-electron chi connectivity index (χ1n) is 6.51. The second kappa shape index (κ2) is 6.23. The molecule has 5 nitrogen and oxygen atoms in total. The van der Waals surface area contributed by atoms with Crippen LogP contribution in [0, 0.1) is 6.92 Å². The van der Waals surface area contributed by atoms with E-state index in [0.29, 0.717) is 24.4 Å². The first kappa shape index (κ1) is 14.1. The van der Waals surface area contributed by atoms with Gasteiger partial charge in [-0.1, -0.05) is 18.2 Å². The van der Waals surface area contributed by atoms with Crippen molar-refractivity contribution in [1.82, 2.24) is 9.78 Å². The summed E-state index contributed by atoms with van der Waals surface area (Å²) in [6.07, 6.45) is 1.68. The van der Waals surface area contributed by atoms with Gasteiger partial charge in [0.15, 0.2) is 0 Å². The van der Waals surface area contributed by atoms with Crippen molar-refractivity contribution < 1.29 is 9.53 Å². The summed E-state index contributed by atoms with van der Waals surface area (Å²) in [5.74, 6) is -0.322. The Kier molecular flexibility index (Phi) is 4.40. The molecule has 5 heteroatoms. The van der Waals surface area contributed by atoms with Crippen molar-refractivity contribution in [2.24, 2.45) is 7.05 Å². The lowest BCUT2D eigenvalue weighted by Crippen LogP contribution is -2.23. The molecule has 20 heavy (non-hydrogen) atoms. The Labute approximate surface area is 118 Å². The average Bonchev–Trinajstić information content (AvgIpc) is 2.78. The lowest BCUT2D eigenvalue weighted by molar-refractivity contribution is 0.0515. The van der Waals surface area contributed by atoms with E-state index in [1.807, 2.05) is 42.3 Å². The van der Waals surface area contributed by atoms with E-state index in [1.165, 1.54) is 0 Å². The van der Waals surface area contributed by atoms with E-state index in [0.717, 1.165) is 5.69 Å². The van der Waals surface area contributed by atoms with Crippen molar-refractivity contribution >= 4 is 11.7 Å². The van der Waals surface area contributed by atoms with Crippen LogP contribution in [0.15, 0.2) is 36.5 Å². The molecule has 0 saturated heterocycles. The van der Waals surface area contributed by atoms with Crippen molar-refractivity contribution in [3.05, 3.63) is 47.8 Å². The highest BCUT2D eigenvalue weighted by molar-refractivity contribution is 5.90. The minimum Gasteiger partial charge on any atom is -0.460 e. The number of likely N-dealkylation sites (N-methyl/N-ethyl adjacent to an activating group) is 1. The van der Waals surface area contributed by atoms with E-state index in [2.05, 4.69) is 5.10 Å². The molecule has 0 bridgehead atoms. The molecule has 0 N–H and O–H groups in total. The van der Waals surface area contributed by atoms with Gasteiger partial charge in [0, 0.05) is 26.0 Å². The number of ether oxygens (including phenoxy) is 1. The molecule has 0 fully saturated rings. The van der Waals surface area contributed by atoms with E-state index in [9.17, 15) is 4.79 Å². The van der Waals surface area contributed by atoms with Crippen molar-refractivity contribution in [2.75, 3.05) is 25.1 Å². The number of aromatic nitrogens is 2. The van der Waals surface area contributed by atoms with Crippen LogP contribution >= 0.6 is 0 Å². The molecule has 2 aromatic rings. The van der Waals surface area contributed by atoms with Crippen molar-refractivity contribution in [1.29, 1.82) is 0 Å². The first-order chi connectivity index (χ1) is 9.58. The standard InChI is InChI=1S/C15H19N3O2/c1-12-14(11-18(3)16-12)15(19)20-10-9-17(2)13-7-5-4-6-8-13/h4-8,11H,9-10H2,1-3H3. The largest absolute Gasteiger partial charge is 0.460 e. The predicted molar refractivity (Wildman–Crippen MR) is 77.9 cm³/mol. The quantitative estimate of drug-likeness (QED) is 0.782. The Bertz CT molecular complexity index is 578. The van der Waals surface area contributed by atoms with E-state index in [1.54, 1.807) is 24.9 Å². The highest BCUT2D eigenvalue weighted by Gasteiger charge is 2.13. The normalized spacial score (nSPS) is 10.3. The summed E-state index contributed by atoms with van der Waals surface area (Å²) in [6, 6.07) is 9.98. The molecule has 0 atom stereocenters. The van der Waals surface area contributed by atoms with Crippen LogP contribution in [-0.4, -0.2) is 35.9 Å². The third-order valence-electron chi connectivity index (χ3n) is 3.09. The Morgan fingerprint density at radius 1 is 1.35 bits per heavy atom. The van der Waals surface area contributed by atoms with Gasteiger partial charge in [-0.25, -0.2) is 4.79 Å². The fraction of sp³-hybridized carbons (Fsp3) is 0.333. The topological polar surface area (TPSA) is 47.4 Å². The van der Waals surface area contributed by atoms with Crippen LogP contribution in [0.5, 0.6) is 0 Å². The van der Waals surface area contributed by atoms with Gasteiger partial charge < -0.3 is 9.64 Å². The number of carbonyl (C=O) groups is 1. The number of esters is 1. The van der Waals surface area contributed by atoms with Gasteiger partial charge in [0.2, 0.25) is 0 Å². The molecule has 2 rings (SSSR count). The van der Waals surface area contributed by atoms with Crippen molar-refractivity contribution in [3.63, 3.8) is 0 Å². The summed E-state index contributed by atoms with van der Waals surface area (Å²) < 4.78 is 6.89. The maximum atomic E-state index is 11.9. The van der Waals surface area contributed by atoms with Crippen LogP contribution in [0.25, 0.3) is 0 Å².